The number of nitrogens with zero attached hydrogens (tertiary/aromatic N) is 2. The van der Waals surface area contributed by atoms with Crippen LogP contribution in [0.2, 0.25) is 0 Å². The third-order valence-electron chi connectivity index (χ3n) is 7.85. The molecule has 0 bridgehead atoms. The summed E-state index contributed by atoms with van der Waals surface area (Å²) in [5, 5.41) is 5.85. The molecule has 8 nitrogen and oxygen atoms in total. The third-order valence-corrected chi connectivity index (χ3v) is 7.85. The first-order valence-electron chi connectivity index (χ1n) is 12.9. The molecule has 0 spiro atoms. The van der Waals surface area contributed by atoms with E-state index in [1.54, 1.807) is 4.90 Å². The molecular weight excluding hydrogens is 432 g/mol. The molecule has 8 heteroatoms. The number of imide groups is 1. The average Bonchev–Trinajstić information content (AvgIpc) is 3.18. The number of ether oxygens (including phenoxy) is 1. The van der Waals surface area contributed by atoms with Crippen LogP contribution in [0.1, 0.15) is 66.4 Å². The zero-order valence-electron chi connectivity index (χ0n) is 19.9. The average molecular weight is 469 g/mol. The van der Waals surface area contributed by atoms with Crippen LogP contribution in [0.15, 0.2) is 18.2 Å². The lowest BCUT2D eigenvalue weighted by atomic mass is 9.96. The zero-order chi connectivity index (χ0) is 23.5. The number of amides is 3. The molecule has 4 aliphatic heterocycles. The minimum absolute atomic E-state index is 0.0875. The molecule has 0 aliphatic carbocycles. The van der Waals surface area contributed by atoms with Crippen molar-refractivity contribution in [2.24, 2.45) is 5.92 Å². The lowest BCUT2D eigenvalue weighted by molar-refractivity contribution is -0.136. The summed E-state index contributed by atoms with van der Waals surface area (Å²) in [6, 6.07) is 5.45. The molecule has 0 radical (unpaired) electrons. The quantitative estimate of drug-likeness (QED) is 0.594. The molecule has 0 aromatic heterocycles. The second kappa shape index (κ2) is 10.5. The summed E-state index contributed by atoms with van der Waals surface area (Å²) in [7, 11) is 0. The number of carbonyl (C=O) groups is 3. The first-order valence-corrected chi connectivity index (χ1v) is 12.9. The van der Waals surface area contributed by atoms with Crippen molar-refractivity contribution in [3.05, 3.63) is 34.9 Å². The van der Waals surface area contributed by atoms with Crippen LogP contribution in [0.4, 0.5) is 0 Å². The largest absolute Gasteiger partial charge is 0.378 e. The molecule has 4 heterocycles. The molecule has 3 amide bonds. The molecule has 2 N–H and O–H groups in total. The van der Waals surface area contributed by atoms with Gasteiger partial charge in [-0.1, -0.05) is 18.2 Å². The first-order chi connectivity index (χ1) is 16.6. The molecule has 3 saturated heterocycles. The molecule has 184 valence electrons. The van der Waals surface area contributed by atoms with Crippen molar-refractivity contribution in [3.8, 4) is 0 Å². The van der Waals surface area contributed by atoms with E-state index in [9.17, 15) is 14.4 Å². The van der Waals surface area contributed by atoms with Crippen LogP contribution < -0.4 is 10.6 Å². The van der Waals surface area contributed by atoms with Crippen LogP contribution in [0.25, 0.3) is 0 Å². The van der Waals surface area contributed by atoms with Crippen molar-refractivity contribution in [2.45, 2.75) is 70.2 Å². The number of likely N-dealkylation sites (tertiary alicyclic amines) is 1. The highest BCUT2D eigenvalue weighted by Gasteiger charge is 2.40. The highest BCUT2D eigenvalue weighted by Crippen LogP contribution is 2.31. The molecule has 1 aromatic carbocycles. The minimum atomic E-state index is -0.567. The van der Waals surface area contributed by atoms with Crippen LogP contribution in [-0.4, -0.2) is 72.5 Å². The normalized spacial score (nSPS) is 26.6. The van der Waals surface area contributed by atoms with Gasteiger partial charge in [0.25, 0.3) is 5.91 Å². The second-order valence-corrected chi connectivity index (χ2v) is 10.2. The van der Waals surface area contributed by atoms with E-state index in [1.807, 2.05) is 18.2 Å². The van der Waals surface area contributed by atoms with E-state index in [1.165, 1.54) is 12.8 Å². The monoisotopic (exact) mass is 468 g/mol. The van der Waals surface area contributed by atoms with Crippen LogP contribution in [0.3, 0.4) is 0 Å². The number of carbonyl (C=O) groups excluding carboxylic acids is 3. The fraction of sp³-hybridized carbons (Fsp3) is 0.654. The summed E-state index contributed by atoms with van der Waals surface area (Å²) in [4.78, 5) is 41.2. The van der Waals surface area contributed by atoms with E-state index in [0.717, 1.165) is 81.2 Å². The van der Waals surface area contributed by atoms with Crippen molar-refractivity contribution in [3.63, 3.8) is 0 Å². The number of hydrogen-bond donors (Lipinski definition) is 2. The van der Waals surface area contributed by atoms with E-state index in [0.29, 0.717) is 19.1 Å². The smallest absolute Gasteiger partial charge is 0.255 e. The third kappa shape index (κ3) is 5.19. The van der Waals surface area contributed by atoms with Gasteiger partial charge in [-0.2, -0.15) is 0 Å². The van der Waals surface area contributed by atoms with E-state index in [4.69, 9.17) is 4.74 Å². The summed E-state index contributed by atoms with van der Waals surface area (Å²) in [6.45, 7) is 6.23. The molecule has 34 heavy (non-hydrogen) atoms. The second-order valence-electron chi connectivity index (χ2n) is 10.2. The van der Waals surface area contributed by atoms with Gasteiger partial charge in [-0.15, -0.1) is 0 Å². The summed E-state index contributed by atoms with van der Waals surface area (Å²) in [5.74, 6) is 0.0482. The van der Waals surface area contributed by atoms with Gasteiger partial charge in [0.05, 0.1) is 6.10 Å². The lowest BCUT2D eigenvalue weighted by Gasteiger charge is -2.33. The Kier molecular flexibility index (Phi) is 7.27. The van der Waals surface area contributed by atoms with Gasteiger partial charge in [0.15, 0.2) is 0 Å². The Bertz CT molecular complexity index is 921. The fourth-order valence-electron chi connectivity index (χ4n) is 5.87. The minimum Gasteiger partial charge on any atom is -0.378 e. The lowest BCUT2D eigenvalue weighted by Crippen LogP contribution is -2.52. The Hall–Kier alpha value is -2.29. The van der Waals surface area contributed by atoms with Gasteiger partial charge in [-0.3, -0.25) is 24.6 Å². The molecule has 5 rings (SSSR count). The Balaban J connectivity index is 1.13. The number of fused-ring (bicyclic) bond motifs is 1. The van der Waals surface area contributed by atoms with Crippen molar-refractivity contribution < 1.29 is 19.1 Å². The predicted octanol–water partition coefficient (Wildman–Crippen LogP) is 1.82. The predicted molar refractivity (Wildman–Crippen MR) is 127 cm³/mol. The van der Waals surface area contributed by atoms with E-state index < -0.39 is 6.04 Å². The molecule has 2 atom stereocenters. The summed E-state index contributed by atoms with van der Waals surface area (Å²) in [5.41, 5.74) is 2.75. The Morgan fingerprint density at radius 2 is 1.91 bits per heavy atom. The summed E-state index contributed by atoms with van der Waals surface area (Å²) < 4.78 is 6.20. The van der Waals surface area contributed by atoms with E-state index in [2.05, 4.69) is 15.5 Å². The van der Waals surface area contributed by atoms with Crippen LogP contribution >= 0.6 is 0 Å². The number of hydrogen-bond acceptors (Lipinski definition) is 6. The maximum absolute atomic E-state index is 13.3. The number of benzene rings is 1. The maximum Gasteiger partial charge on any atom is 0.255 e. The Morgan fingerprint density at radius 1 is 1.06 bits per heavy atom. The highest BCUT2D eigenvalue weighted by molar-refractivity contribution is 6.05. The maximum atomic E-state index is 13.3. The SMILES string of the molecule is O=C1CCC(N2Cc3cccc(CN4CCC(OCCC5CCCNC5)CC4)c3C2=O)C(=O)N1. The highest BCUT2D eigenvalue weighted by atomic mass is 16.5. The molecule has 1 aromatic rings. The Labute approximate surface area is 201 Å². The first kappa shape index (κ1) is 23.5. The van der Waals surface area contributed by atoms with Gasteiger partial charge in [0.2, 0.25) is 11.8 Å². The van der Waals surface area contributed by atoms with Gasteiger partial charge in [-0.05, 0) is 68.7 Å². The van der Waals surface area contributed by atoms with Gasteiger partial charge in [-0.25, -0.2) is 0 Å². The van der Waals surface area contributed by atoms with Gasteiger partial charge in [0, 0.05) is 44.8 Å². The summed E-state index contributed by atoms with van der Waals surface area (Å²) >= 11 is 0. The van der Waals surface area contributed by atoms with Crippen molar-refractivity contribution in [2.75, 3.05) is 32.8 Å². The van der Waals surface area contributed by atoms with Crippen LogP contribution in [0.5, 0.6) is 0 Å². The van der Waals surface area contributed by atoms with Crippen LogP contribution in [-0.2, 0) is 27.4 Å². The van der Waals surface area contributed by atoms with Crippen molar-refractivity contribution >= 4 is 17.7 Å². The Morgan fingerprint density at radius 3 is 2.68 bits per heavy atom. The van der Waals surface area contributed by atoms with Gasteiger partial charge >= 0.3 is 0 Å². The summed E-state index contributed by atoms with van der Waals surface area (Å²) in [6.07, 6.45) is 6.79. The van der Waals surface area contributed by atoms with Gasteiger partial charge in [0.1, 0.15) is 6.04 Å². The van der Waals surface area contributed by atoms with E-state index in [-0.39, 0.29) is 24.1 Å². The van der Waals surface area contributed by atoms with Crippen molar-refractivity contribution in [1.29, 1.82) is 0 Å². The van der Waals surface area contributed by atoms with E-state index >= 15 is 0 Å². The fourth-order valence-corrected chi connectivity index (χ4v) is 5.87. The molecular formula is C26H36N4O4. The molecule has 0 saturated carbocycles. The molecule has 3 fully saturated rings. The van der Waals surface area contributed by atoms with Crippen molar-refractivity contribution in [1.82, 2.24) is 20.4 Å². The number of nitrogens with one attached hydrogen (secondary N) is 2. The number of rotatable bonds is 7. The van der Waals surface area contributed by atoms with Crippen LogP contribution in [0, 0.1) is 5.92 Å². The molecule has 2 unspecified atom stereocenters. The standard InChI is InChI=1S/C26H36N4O4/c31-23-7-6-22(25(32)28-23)30-17-20-5-1-4-19(24(20)26(30)33)16-29-12-8-21(9-13-29)34-14-10-18-3-2-11-27-15-18/h1,4-5,18,21-22,27H,2-3,6-17H2,(H,28,31,32). The topological polar surface area (TPSA) is 91.0 Å². The molecule has 4 aliphatic rings. The zero-order valence-corrected chi connectivity index (χ0v) is 19.9. The number of piperidine rings is 3. The van der Waals surface area contributed by atoms with Gasteiger partial charge < -0.3 is 15.0 Å².